The molecule has 2 heteroatoms. The van der Waals surface area contributed by atoms with E-state index in [0.29, 0.717) is 5.92 Å². The van der Waals surface area contributed by atoms with E-state index in [2.05, 4.69) is 26.0 Å². The highest BCUT2D eigenvalue weighted by Crippen LogP contribution is 2.29. The van der Waals surface area contributed by atoms with E-state index in [-0.39, 0.29) is 6.61 Å². The lowest BCUT2D eigenvalue weighted by atomic mass is 10.0. The third-order valence-corrected chi connectivity index (χ3v) is 4.17. The summed E-state index contributed by atoms with van der Waals surface area (Å²) in [5, 5.41) is 11.9. The Morgan fingerprint density at radius 1 is 1.10 bits per heavy atom. The Morgan fingerprint density at radius 3 is 2.62 bits per heavy atom. The molecule has 2 aromatic carbocycles. The number of rotatable bonds is 8. The molecule has 2 aromatic rings. The summed E-state index contributed by atoms with van der Waals surface area (Å²) in [6.45, 7) is 5.20. The molecule has 0 aliphatic heterocycles. The number of fused-ring (bicyclic) bond motifs is 1. The molecule has 21 heavy (non-hydrogen) atoms. The summed E-state index contributed by atoms with van der Waals surface area (Å²) in [6, 6.07) is 12.2. The van der Waals surface area contributed by atoms with Crippen molar-refractivity contribution < 1.29 is 9.84 Å². The Bertz CT molecular complexity index is 562. The molecule has 2 nitrogen and oxygen atoms in total. The molecule has 0 aliphatic rings. The molecule has 0 aliphatic carbocycles. The fourth-order valence-corrected chi connectivity index (χ4v) is 2.72. The van der Waals surface area contributed by atoms with Crippen LogP contribution in [0.1, 0.15) is 45.1 Å². The summed E-state index contributed by atoms with van der Waals surface area (Å²) in [6.07, 6.45) is 4.85. The van der Waals surface area contributed by atoms with Gasteiger partial charge in [-0.3, -0.25) is 0 Å². The van der Waals surface area contributed by atoms with Gasteiger partial charge in [0.1, 0.15) is 5.75 Å². The van der Waals surface area contributed by atoms with Crippen molar-refractivity contribution in [1.29, 1.82) is 0 Å². The maximum atomic E-state index is 9.70. The van der Waals surface area contributed by atoms with Crippen LogP contribution in [0, 0.1) is 5.92 Å². The van der Waals surface area contributed by atoms with Crippen LogP contribution in [0.4, 0.5) is 0 Å². The van der Waals surface area contributed by atoms with Gasteiger partial charge in [0.2, 0.25) is 0 Å². The van der Waals surface area contributed by atoms with Gasteiger partial charge in [0.15, 0.2) is 0 Å². The molecule has 0 radical (unpaired) electrons. The van der Waals surface area contributed by atoms with Crippen LogP contribution in [0.15, 0.2) is 36.4 Å². The number of aliphatic hydroxyl groups excluding tert-OH is 1. The second kappa shape index (κ2) is 8.04. The monoisotopic (exact) mass is 286 g/mol. The Hall–Kier alpha value is -1.54. The van der Waals surface area contributed by atoms with Crippen molar-refractivity contribution >= 4 is 10.8 Å². The average molecular weight is 286 g/mol. The topological polar surface area (TPSA) is 29.5 Å². The van der Waals surface area contributed by atoms with E-state index in [1.165, 1.54) is 19.3 Å². The second-order valence-corrected chi connectivity index (χ2v) is 5.65. The second-order valence-electron chi connectivity index (χ2n) is 5.65. The molecule has 1 unspecified atom stereocenters. The molecule has 0 amide bonds. The first-order valence-corrected chi connectivity index (χ1v) is 8.04. The van der Waals surface area contributed by atoms with Gasteiger partial charge >= 0.3 is 0 Å². The highest BCUT2D eigenvalue weighted by molar-refractivity contribution is 5.87. The van der Waals surface area contributed by atoms with Crippen LogP contribution in [0.25, 0.3) is 10.8 Å². The van der Waals surface area contributed by atoms with Crippen molar-refractivity contribution in [3.8, 4) is 5.75 Å². The highest BCUT2D eigenvalue weighted by atomic mass is 16.5. The third-order valence-electron chi connectivity index (χ3n) is 4.17. The van der Waals surface area contributed by atoms with Gasteiger partial charge in [-0.15, -0.1) is 0 Å². The van der Waals surface area contributed by atoms with Crippen molar-refractivity contribution in [3.63, 3.8) is 0 Å². The van der Waals surface area contributed by atoms with Crippen molar-refractivity contribution in [2.24, 2.45) is 5.92 Å². The van der Waals surface area contributed by atoms with Gasteiger partial charge in [-0.1, -0.05) is 63.4 Å². The van der Waals surface area contributed by atoms with Crippen LogP contribution >= 0.6 is 0 Å². The van der Waals surface area contributed by atoms with Gasteiger partial charge < -0.3 is 9.84 Å². The third kappa shape index (κ3) is 3.98. The van der Waals surface area contributed by atoms with E-state index in [4.69, 9.17) is 4.74 Å². The molecule has 1 atom stereocenters. The maximum absolute atomic E-state index is 9.70. The smallest absolute Gasteiger partial charge is 0.125 e. The Kier molecular flexibility index (Phi) is 6.06. The van der Waals surface area contributed by atoms with Gasteiger partial charge in [0, 0.05) is 5.56 Å². The number of ether oxygens (including phenoxy) is 1. The fraction of sp³-hybridized carbons (Fsp3) is 0.474. The standard InChI is InChI=1S/C19H26O2/c1-3-5-8-15(4-2)14-21-19-12-11-16-9-6-7-10-17(16)18(19)13-20/h6-7,9-12,15,20H,3-5,8,13-14H2,1-2H3. The normalized spacial score (nSPS) is 12.5. The van der Waals surface area contributed by atoms with Crippen molar-refractivity contribution in [1.82, 2.24) is 0 Å². The van der Waals surface area contributed by atoms with E-state index in [9.17, 15) is 5.11 Å². The molecule has 0 aromatic heterocycles. The Morgan fingerprint density at radius 2 is 1.90 bits per heavy atom. The van der Waals surface area contributed by atoms with Gasteiger partial charge in [-0.2, -0.15) is 0 Å². The van der Waals surface area contributed by atoms with E-state index in [1.54, 1.807) is 0 Å². The first-order chi connectivity index (χ1) is 10.3. The van der Waals surface area contributed by atoms with Gasteiger partial charge in [-0.25, -0.2) is 0 Å². The molecular formula is C19H26O2. The van der Waals surface area contributed by atoms with Crippen LogP contribution in [-0.2, 0) is 6.61 Å². The minimum absolute atomic E-state index is 0.0163. The lowest BCUT2D eigenvalue weighted by Crippen LogP contribution is -2.12. The molecule has 0 bridgehead atoms. The minimum atomic E-state index is 0.0163. The summed E-state index contributed by atoms with van der Waals surface area (Å²) in [5.41, 5.74) is 0.901. The zero-order valence-corrected chi connectivity index (χ0v) is 13.1. The Balaban J connectivity index is 2.14. The maximum Gasteiger partial charge on any atom is 0.125 e. The first-order valence-electron chi connectivity index (χ1n) is 8.04. The molecule has 2 rings (SSSR count). The number of benzene rings is 2. The van der Waals surface area contributed by atoms with Crippen LogP contribution in [0.3, 0.4) is 0 Å². The van der Waals surface area contributed by atoms with E-state index in [1.807, 2.05) is 24.3 Å². The van der Waals surface area contributed by atoms with Crippen LogP contribution in [0.2, 0.25) is 0 Å². The van der Waals surface area contributed by atoms with Gasteiger partial charge in [-0.05, 0) is 29.2 Å². The van der Waals surface area contributed by atoms with Crippen molar-refractivity contribution in [3.05, 3.63) is 42.0 Å². The number of hydrogen-bond donors (Lipinski definition) is 1. The molecule has 0 fully saturated rings. The summed E-state index contributed by atoms with van der Waals surface area (Å²) in [7, 11) is 0. The molecule has 0 heterocycles. The predicted molar refractivity (Wildman–Crippen MR) is 88.7 cm³/mol. The largest absolute Gasteiger partial charge is 0.493 e. The zero-order valence-electron chi connectivity index (χ0n) is 13.1. The Labute approximate surface area is 127 Å². The summed E-state index contributed by atoms with van der Waals surface area (Å²) in [4.78, 5) is 0. The van der Waals surface area contributed by atoms with Crippen LogP contribution in [-0.4, -0.2) is 11.7 Å². The molecule has 0 spiro atoms. The lowest BCUT2D eigenvalue weighted by molar-refractivity contribution is 0.222. The zero-order chi connectivity index (χ0) is 15.1. The first kappa shape index (κ1) is 15.8. The average Bonchev–Trinajstić information content (AvgIpc) is 2.54. The van der Waals surface area contributed by atoms with Crippen LogP contribution < -0.4 is 4.74 Å². The number of aliphatic hydroxyl groups is 1. The summed E-state index contributed by atoms with van der Waals surface area (Å²) >= 11 is 0. The summed E-state index contributed by atoms with van der Waals surface area (Å²) in [5.74, 6) is 1.43. The van der Waals surface area contributed by atoms with Gasteiger partial charge in [0.05, 0.1) is 13.2 Å². The highest BCUT2D eigenvalue weighted by Gasteiger charge is 2.11. The number of hydrogen-bond acceptors (Lipinski definition) is 2. The SMILES string of the molecule is CCCCC(CC)COc1ccc2ccccc2c1CO. The minimum Gasteiger partial charge on any atom is -0.493 e. The van der Waals surface area contributed by atoms with E-state index in [0.717, 1.165) is 35.1 Å². The molecule has 114 valence electrons. The predicted octanol–water partition coefficient (Wildman–Crippen LogP) is 4.93. The molecule has 0 saturated carbocycles. The molecular weight excluding hydrogens is 260 g/mol. The van der Waals surface area contributed by atoms with Gasteiger partial charge in [0.25, 0.3) is 0 Å². The lowest BCUT2D eigenvalue weighted by Gasteiger charge is -2.18. The van der Waals surface area contributed by atoms with E-state index >= 15 is 0 Å². The molecule has 1 N–H and O–H groups in total. The van der Waals surface area contributed by atoms with Crippen molar-refractivity contribution in [2.45, 2.75) is 46.1 Å². The molecule has 0 saturated heterocycles. The van der Waals surface area contributed by atoms with Crippen molar-refractivity contribution in [2.75, 3.05) is 6.61 Å². The number of unbranched alkanes of at least 4 members (excludes halogenated alkanes) is 1. The van der Waals surface area contributed by atoms with Crippen LogP contribution in [0.5, 0.6) is 5.75 Å². The van der Waals surface area contributed by atoms with E-state index < -0.39 is 0 Å². The summed E-state index contributed by atoms with van der Waals surface area (Å²) < 4.78 is 6.03. The quantitative estimate of drug-likeness (QED) is 0.745. The fourth-order valence-electron chi connectivity index (χ4n) is 2.72.